The summed E-state index contributed by atoms with van der Waals surface area (Å²) in [7, 11) is 0. The van der Waals surface area contributed by atoms with Crippen LogP contribution in [0.25, 0.3) is 10.4 Å². The molecule has 0 saturated heterocycles. The lowest BCUT2D eigenvalue weighted by molar-refractivity contribution is 0.0697. The second-order valence-corrected chi connectivity index (χ2v) is 3.40. The number of carboxylic acid groups (broad SMARTS) is 1. The van der Waals surface area contributed by atoms with E-state index < -0.39 is 5.97 Å². The summed E-state index contributed by atoms with van der Waals surface area (Å²) in [6.45, 7) is 4.00. The Balaban J connectivity index is 0.000000531. The lowest BCUT2D eigenvalue weighted by Gasteiger charge is -1.85. The number of nitrogens with zero attached hydrogens (tertiary/aromatic N) is 1. The number of aromatic carboxylic acids is 1. The van der Waals surface area contributed by atoms with Crippen molar-refractivity contribution in [3.05, 3.63) is 29.4 Å². The number of carboxylic acids is 1. The third kappa shape index (κ3) is 2.66. The van der Waals surface area contributed by atoms with Gasteiger partial charge in [-0.25, -0.2) is 4.79 Å². The van der Waals surface area contributed by atoms with Crippen LogP contribution in [0.15, 0.2) is 23.8 Å². The summed E-state index contributed by atoms with van der Waals surface area (Å²) < 4.78 is 0. The van der Waals surface area contributed by atoms with Gasteiger partial charge in [-0.2, -0.15) is 5.10 Å². The molecule has 0 saturated carbocycles. The Morgan fingerprint density at radius 2 is 2.27 bits per heavy atom. The first-order chi connectivity index (χ1) is 7.27. The number of hydrogen-bond donors (Lipinski definition) is 2. The van der Waals surface area contributed by atoms with Gasteiger partial charge in [-0.05, 0) is 6.07 Å². The van der Waals surface area contributed by atoms with E-state index in [1.54, 1.807) is 23.8 Å². The van der Waals surface area contributed by atoms with Gasteiger partial charge in [0.05, 0.1) is 11.8 Å². The first-order valence-corrected chi connectivity index (χ1v) is 5.46. The highest BCUT2D eigenvalue weighted by Crippen LogP contribution is 2.25. The summed E-state index contributed by atoms with van der Waals surface area (Å²) in [6, 6.07) is 1.64. The lowest BCUT2D eigenvalue weighted by Crippen LogP contribution is -1.91. The third-order valence-electron chi connectivity index (χ3n) is 1.63. The van der Waals surface area contributed by atoms with Gasteiger partial charge in [0.2, 0.25) is 0 Å². The Morgan fingerprint density at radius 1 is 1.53 bits per heavy atom. The maximum atomic E-state index is 10.6. The number of thiophene rings is 1. The SMILES string of the molecule is CC.O=C(O)c1csc(-c2cn[nH]c2)c1. The molecule has 5 heteroatoms. The van der Waals surface area contributed by atoms with Gasteiger partial charge in [0.15, 0.2) is 0 Å². The quantitative estimate of drug-likeness (QED) is 0.824. The Labute approximate surface area is 91.6 Å². The molecule has 0 atom stereocenters. The highest BCUT2D eigenvalue weighted by Gasteiger charge is 2.07. The fourth-order valence-electron chi connectivity index (χ4n) is 0.985. The number of H-pyrrole nitrogens is 1. The maximum absolute atomic E-state index is 10.6. The minimum Gasteiger partial charge on any atom is -0.478 e. The monoisotopic (exact) mass is 224 g/mol. The first-order valence-electron chi connectivity index (χ1n) is 4.58. The molecule has 0 aliphatic heterocycles. The molecule has 0 radical (unpaired) electrons. The Kier molecular flexibility index (Phi) is 4.05. The van der Waals surface area contributed by atoms with E-state index in [1.807, 2.05) is 13.8 Å². The fraction of sp³-hybridized carbons (Fsp3) is 0.200. The van der Waals surface area contributed by atoms with Crippen LogP contribution in [0.3, 0.4) is 0 Å². The second-order valence-electron chi connectivity index (χ2n) is 2.49. The van der Waals surface area contributed by atoms with Gasteiger partial charge in [0.25, 0.3) is 0 Å². The van der Waals surface area contributed by atoms with E-state index in [1.165, 1.54) is 11.3 Å². The molecule has 0 spiro atoms. The summed E-state index contributed by atoms with van der Waals surface area (Å²) in [5.74, 6) is -0.897. The average molecular weight is 224 g/mol. The molecule has 0 amide bonds. The van der Waals surface area contributed by atoms with Crippen molar-refractivity contribution in [3.8, 4) is 10.4 Å². The molecule has 2 heterocycles. The molecule has 0 bridgehead atoms. The van der Waals surface area contributed by atoms with Crippen molar-refractivity contribution in [2.24, 2.45) is 0 Å². The van der Waals surface area contributed by atoms with Crippen molar-refractivity contribution in [2.75, 3.05) is 0 Å². The van der Waals surface area contributed by atoms with Crippen LogP contribution in [-0.4, -0.2) is 21.3 Å². The highest BCUT2D eigenvalue weighted by molar-refractivity contribution is 7.13. The zero-order valence-corrected chi connectivity index (χ0v) is 9.34. The molecule has 0 aliphatic carbocycles. The largest absolute Gasteiger partial charge is 0.478 e. The summed E-state index contributed by atoms with van der Waals surface area (Å²) in [4.78, 5) is 11.5. The van der Waals surface area contributed by atoms with Crippen LogP contribution in [0, 0.1) is 0 Å². The molecule has 15 heavy (non-hydrogen) atoms. The van der Waals surface area contributed by atoms with Crippen molar-refractivity contribution in [3.63, 3.8) is 0 Å². The Bertz CT molecular complexity index is 420. The molecule has 0 aliphatic rings. The first kappa shape index (κ1) is 11.5. The molecule has 4 nitrogen and oxygen atoms in total. The zero-order valence-electron chi connectivity index (χ0n) is 8.52. The summed E-state index contributed by atoms with van der Waals surface area (Å²) in [5, 5.41) is 16.8. The Hall–Kier alpha value is -1.62. The van der Waals surface area contributed by atoms with E-state index >= 15 is 0 Å². The van der Waals surface area contributed by atoms with Crippen LogP contribution in [0.2, 0.25) is 0 Å². The van der Waals surface area contributed by atoms with Crippen molar-refractivity contribution in [2.45, 2.75) is 13.8 Å². The number of aromatic amines is 1. The molecule has 2 aromatic rings. The average Bonchev–Trinajstić information content (AvgIpc) is 2.91. The summed E-state index contributed by atoms with van der Waals surface area (Å²) >= 11 is 1.39. The predicted octanol–water partition coefficient (Wildman–Crippen LogP) is 2.86. The van der Waals surface area contributed by atoms with Crippen LogP contribution in [0.1, 0.15) is 24.2 Å². The molecule has 2 aromatic heterocycles. The highest BCUT2D eigenvalue weighted by atomic mass is 32.1. The van der Waals surface area contributed by atoms with E-state index in [4.69, 9.17) is 5.11 Å². The van der Waals surface area contributed by atoms with E-state index in [0.717, 1.165) is 10.4 Å². The van der Waals surface area contributed by atoms with Crippen molar-refractivity contribution in [1.82, 2.24) is 10.2 Å². The molecule has 80 valence electrons. The normalized spacial score (nSPS) is 9.20. The second kappa shape index (κ2) is 5.31. The maximum Gasteiger partial charge on any atom is 0.336 e. The number of aromatic nitrogens is 2. The molecule has 0 aromatic carbocycles. The molecule has 0 fully saturated rings. The molecular formula is C10H12N2O2S. The van der Waals surface area contributed by atoms with Crippen molar-refractivity contribution in [1.29, 1.82) is 0 Å². The van der Waals surface area contributed by atoms with Crippen LogP contribution in [-0.2, 0) is 0 Å². The van der Waals surface area contributed by atoms with Gasteiger partial charge < -0.3 is 5.11 Å². The van der Waals surface area contributed by atoms with Gasteiger partial charge in [-0.15, -0.1) is 11.3 Å². The summed E-state index contributed by atoms with van der Waals surface area (Å²) in [5.41, 5.74) is 1.23. The predicted molar refractivity (Wildman–Crippen MR) is 60.2 cm³/mol. The van der Waals surface area contributed by atoms with Crippen LogP contribution in [0.5, 0.6) is 0 Å². The standard InChI is InChI=1S/C8H6N2O2S.C2H6/c11-8(12)5-1-7(13-4-5)6-2-9-10-3-6;1-2/h1-4H,(H,9,10)(H,11,12);1-2H3. The van der Waals surface area contributed by atoms with Crippen LogP contribution >= 0.6 is 11.3 Å². The molecule has 2 rings (SSSR count). The number of nitrogens with one attached hydrogen (secondary N) is 1. The Morgan fingerprint density at radius 3 is 2.73 bits per heavy atom. The van der Waals surface area contributed by atoms with E-state index in [-0.39, 0.29) is 0 Å². The lowest BCUT2D eigenvalue weighted by atomic mass is 10.2. The molecular weight excluding hydrogens is 212 g/mol. The van der Waals surface area contributed by atoms with Gasteiger partial charge in [0.1, 0.15) is 0 Å². The molecule has 0 unspecified atom stereocenters. The van der Waals surface area contributed by atoms with Gasteiger partial charge >= 0.3 is 5.97 Å². The van der Waals surface area contributed by atoms with Crippen LogP contribution < -0.4 is 0 Å². The fourth-order valence-corrected chi connectivity index (χ4v) is 1.85. The van der Waals surface area contributed by atoms with Gasteiger partial charge in [-0.1, -0.05) is 13.8 Å². The smallest absolute Gasteiger partial charge is 0.336 e. The van der Waals surface area contributed by atoms with E-state index in [9.17, 15) is 4.79 Å². The zero-order chi connectivity index (χ0) is 11.3. The number of rotatable bonds is 2. The number of carbonyl (C=O) groups is 1. The topological polar surface area (TPSA) is 66.0 Å². The van der Waals surface area contributed by atoms with E-state index in [2.05, 4.69) is 10.2 Å². The third-order valence-corrected chi connectivity index (χ3v) is 2.61. The van der Waals surface area contributed by atoms with Crippen molar-refractivity contribution >= 4 is 17.3 Å². The van der Waals surface area contributed by atoms with Crippen molar-refractivity contribution < 1.29 is 9.90 Å². The van der Waals surface area contributed by atoms with Crippen LogP contribution in [0.4, 0.5) is 0 Å². The minimum atomic E-state index is -0.897. The number of hydrogen-bond acceptors (Lipinski definition) is 3. The minimum absolute atomic E-state index is 0.321. The van der Waals surface area contributed by atoms with Gasteiger partial charge in [0, 0.05) is 22.0 Å². The summed E-state index contributed by atoms with van der Waals surface area (Å²) in [6.07, 6.45) is 3.40. The van der Waals surface area contributed by atoms with E-state index in [0.29, 0.717) is 5.56 Å². The molecule has 2 N–H and O–H groups in total. The van der Waals surface area contributed by atoms with Gasteiger partial charge in [-0.3, -0.25) is 5.10 Å².